The highest BCUT2D eigenvalue weighted by Crippen LogP contribution is 2.14. The number of hydrogen-bond donors (Lipinski definition) is 1. The molecule has 0 heterocycles. The zero-order valence-corrected chi connectivity index (χ0v) is 9.79. The molecule has 0 bridgehead atoms. The zero-order valence-electron chi connectivity index (χ0n) is 9.79. The second-order valence-corrected chi connectivity index (χ2v) is 3.90. The van der Waals surface area contributed by atoms with Crippen molar-refractivity contribution in [2.75, 3.05) is 0 Å². The molecule has 0 saturated heterocycles. The van der Waals surface area contributed by atoms with Crippen LogP contribution >= 0.6 is 0 Å². The van der Waals surface area contributed by atoms with E-state index in [-0.39, 0.29) is 12.1 Å². The highest BCUT2D eigenvalue weighted by molar-refractivity contribution is 5.94. The minimum absolute atomic E-state index is 0.342. The number of carbonyl (C=O) groups is 1. The molecule has 0 fully saturated rings. The normalized spacial score (nSPS) is 10.3. The van der Waals surface area contributed by atoms with Crippen LogP contribution in [0.4, 0.5) is 13.2 Å². The van der Waals surface area contributed by atoms with Gasteiger partial charge in [0.1, 0.15) is 17.5 Å². The molecular formula is C14H10F3NO. The maximum absolute atomic E-state index is 13.3. The molecule has 19 heavy (non-hydrogen) atoms. The molecule has 2 aromatic carbocycles. The van der Waals surface area contributed by atoms with Gasteiger partial charge in [-0.15, -0.1) is 0 Å². The van der Waals surface area contributed by atoms with Crippen molar-refractivity contribution in [2.24, 2.45) is 0 Å². The molecule has 0 unspecified atom stereocenters. The van der Waals surface area contributed by atoms with Crippen molar-refractivity contribution in [2.45, 2.75) is 6.54 Å². The third-order valence-corrected chi connectivity index (χ3v) is 2.57. The Morgan fingerprint density at radius 1 is 1.00 bits per heavy atom. The summed E-state index contributed by atoms with van der Waals surface area (Å²) >= 11 is 0. The monoisotopic (exact) mass is 265 g/mol. The lowest BCUT2D eigenvalue weighted by Crippen LogP contribution is -2.24. The molecule has 98 valence electrons. The van der Waals surface area contributed by atoms with E-state index in [9.17, 15) is 18.0 Å². The molecule has 0 aromatic heterocycles. The lowest BCUT2D eigenvalue weighted by atomic mass is 10.1. The zero-order chi connectivity index (χ0) is 13.8. The van der Waals surface area contributed by atoms with Gasteiger partial charge in [-0.25, -0.2) is 13.2 Å². The van der Waals surface area contributed by atoms with Crippen molar-refractivity contribution in [3.63, 3.8) is 0 Å². The van der Waals surface area contributed by atoms with Crippen molar-refractivity contribution < 1.29 is 18.0 Å². The van der Waals surface area contributed by atoms with Crippen LogP contribution in [0.3, 0.4) is 0 Å². The first-order chi connectivity index (χ1) is 9.08. The fourth-order valence-electron chi connectivity index (χ4n) is 1.60. The number of hydrogen-bond acceptors (Lipinski definition) is 1. The van der Waals surface area contributed by atoms with Gasteiger partial charge < -0.3 is 5.32 Å². The Labute approximate surface area is 107 Å². The van der Waals surface area contributed by atoms with Crippen LogP contribution in [0.15, 0.2) is 42.5 Å². The minimum Gasteiger partial charge on any atom is -0.348 e. The molecule has 0 saturated carbocycles. The standard InChI is InChI=1S/C14H10F3NO/c15-10-6-12(16)11(13(17)7-10)8-18-14(19)9-4-2-1-3-5-9/h1-7H,8H2,(H,18,19). The summed E-state index contributed by atoms with van der Waals surface area (Å²) in [5.41, 5.74) is 0.0103. The van der Waals surface area contributed by atoms with Gasteiger partial charge in [0.25, 0.3) is 5.91 Å². The quantitative estimate of drug-likeness (QED) is 0.908. The van der Waals surface area contributed by atoms with Gasteiger partial charge in [-0.05, 0) is 12.1 Å². The van der Waals surface area contributed by atoms with E-state index in [1.165, 1.54) is 0 Å². The number of halogens is 3. The summed E-state index contributed by atoms with van der Waals surface area (Å²) in [6.07, 6.45) is 0. The predicted molar refractivity (Wildman–Crippen MR) is 63.9 cm³/mol. The van der Waals surface area contributed by atoms with E-state index < -0.39 is 23.4 Å². The van der Waals surface area contributed by atoms with E-state index >= 15 is 0 Å². The molecule has 0 atom stereocenters. The Balaban J connectivity index is 2.10. The molecule has 5 heteroatoms. The third kappa shape index (κ3) is 3.13. The number of carbonyl (C=O) groups excluding carboxylic acids is 1. The van der Waals surface area contributed by atoms with Crippen LogP contribution in [0, 0.1) is 17.5 Å². The van der Waals surface area contributed by atoms with E-state index in [0.717, 1.165) is 0 Å². The summed E-state index contributed by atoms with van der Waals surface area (Å²) in [7, 11) is 0. The fourth-order valence-corrected chi connectivity index (χ4v) is 1.60. The van der Waals surface area contributed by atoms with Gasteiger partial charge >= 0.3 is 0 Å². The lowest BCUT2D eigenvalue weighted by molar-refractivity contribution is 0.0950. The molecule has 0 aliphatic rings. The molecule has 2 rings (SSSR count). The molecule has 2 nitrogen and oxygen atoms in total. The summed E-state index contributed by atoms with van der Waals surface area (Å²) in [5, 5.41) is 2.37. The van der Waals surface area contributed by atoms with Gasteiger partial charge in [0.15, 0.2) is 0 Å². The Kier molecular flexibility index (Phi) is 3.85. The van der Waals surface area contributed by atoms with Crippen LogP contribution in [0.1, 0.15) is 15.9 Å². The third-order valence-electron chi connectivity index (χ3n) is 2.57. The van der Waals surface area contributed by atoms with Crippen molar-refractivity contribution in [3.05, 3.63) is 71.0 Å². The van der Waals surface area contributed by atoms with Crippen molar-refractivity contribution in [1.29, 1.82) is 0 Å². The highest BCUT2D eigenvalue weighted by Gasteiger charge is 2.13. The van der Waals surface area contributed by atoms with Crippen molar-refractivity contribution >= 4 is 5.91 Å². The lowest BCUT2D eigenvalue weighted by Gasteiger charge is -2.07. The van der Waals surface area contributed by atoms with E-state index in [2.05, 4.69) is 5.32 Å². The van der Waals surface area contributed by atoms with E-state index in [1.807, 2.05) is 0 Å². The van der Waals surface area contributed by atoms with Gasteiger partial charge in [0.05, 0.1) is 0 Å². The Bertz CT molecular complexity index is 576. The van der Waals surface area contributed by atoms with E-state index in [4.69, 9.17) is 0 Å². The van der Waals surface area contributed by atoms with Gasteiger partial charge in [0.2, 0.25) is 0 Å². The van der Waals surface area contributed by atoms with Gasteiger partial charge in [-0.1, -0.05) is 18.2 Å². The first kappa shape index (κ1) is 13.1. The van der Waals surface area contributed by atoms with Gasteiger partial charge in [0, 0.05) is 29.8 Å². The molecule has 0 aliphatic heterocycles. The molecule has 0 aliphatic carbocycles. The Morgan fingerprint density at radius 3 is 2.16 bits per heavy atom. The summed E-state index contributed by atoms with van der Waals surface area (Å²) in [6.45, 7) is -0.342. The maximum Gasteiger partial charge on any atom is 0.251 e. The molecule has 0 spiro atoms. The van der Waals surface area contributed by atoms with Crippen LogP contribution in [0.5, 0.6) is 0 Å². The topological polar surface area (TPSA) is 29.1 Å². The van der Waals surface area contributed by atoms with Crippen LogP contribution < -0.4 is 5.32 Å². The van der Waals surface area contributed by atoms with Gasteiger partial charge in [-0.2, -0.15) is 0 Å². The average Bonchev–Trinajstić information content (AvgIpc) is 2.38. The van der Waals surface area contributed by atoms with Crippen LogP contribution in [-0.2, 0) is 6.54 Å². The number of benzene rings is 2. The highest BCUT2D eigenvalue weighted by atomic mass is 19.1. The smallest absolute Gasteiger partial charge is 0.251 e. The Morgan fingerprint density at radius 2 is 1.58 bits per heavy atom. The van der Waals surface area contributed by atoms with Crippen molar-refractivity contribution in [1.82, 2.24) is 5.32 Å². The van der Waals surface area contributed by atoms with E-state index in [1.54, 1.807) is 30.3 Å². The summed E-state index contributed by atoms with van der Waals surface area (Å²) < 4.78 is 39.4. The first-order valence-electron chi connectivity index (χ1n) is 5.54. The molecule has 1 N–H and O–H groups in total. The molecule has 1 amide bonds. The van der Waals surface area contributed by atoms with Crippen LogP contribution in [0.2, 0.25) is 0 Å². The largest absolute Gasteiger partial charge is 0.348 e. The van der Waals surface area contributed by atoms with E-state index in [0.29, 0.717) is 17.7 Å². The van der Waals surface area contributed by atoms with Crippen LogP contribution in [-0.4, -0.2) is 5.91 Å². The van der Waals surface area contributed by atoms with Crippen LogP contribution in [0.25, 0.3) is 0 Å². The maximum atomic E-state index is 13.3. The molecule has 2 aromatic rings. The average molecular weight is 265 g/mol. The molecular weight excluding hydrogens is 255 g/mol. The SMILES string of the molecule is O=C(NCc1c(F)cc(F)cc1F)c1ccccc1. The number of nitrogens with one attached hydrogen (secondary N) is 1. The minimum atomic E-state index is -1.02. The fraction of sp³-hybridized carbons (Fsp3) is 0.0714. The summed E-state index contributed by atoms with van der Waals surface area (Å²) in [5.74, 6) is -3.49. The number of amides is 1. The summed E-state index contributed by atoms with van der Waals surface area (Å²) in [6, 6.07) is 9.40. The summed E-state index contributed by atoms with van der Waals surface area (Å²) in [4.78, 5) is 11.7. The first-order valence-corrected chi connectivity index (χ1v) is 5.54. The van der Waals surface area contributed by atoms with Crippen molar-refractivity contribution in [3.8, 4) is 0 Å². The Hall–Kier alpha value is -2.30. The second-order valence-electron chi connectivity index (χ2n) is 3.90. The predicted octanol–water partition coefficient (Wildman–Crippen LogP) is 3.03. The second kappa shape index (κ2) is 5.56. The molecule has 0 radical (unpaired) electrons. The van der Waals surface area contributed by atoms with Gasteiger partial charge in [-0.3, -0.25) is 4.79 Å². The number of rotatable bonds is 3.